The highest BCUT2D eigenvalue weighted by Gasteiger charge is 2.09. The van der Waals surface area contributed by atoms with Gasteiger partial charge in [0.2, 0.25) is 0 Å². The fourth-order valence-corrected chi connectivity index (χ4v) is 3.12. The molecule has 0 aliphatic heterocycles. The Labute approximate surface area is 169 Å². The Kier molecular flexibility index (Phi) is 5.08. The molecule has 1 N–H and O–H groups in total. The summed E-state index contributed by atoms with van der Waals surface area (Å²) in [6.45, 7) is 0. The Morgan fingerprint density at radius 3 is 2.48 bits per heavy atom. The summed E-state index contributed by atoms with van der Waals surface area (Å²) < 4.78 is 16.0. The van der Waals surface area contributed by atoms with Gasteiger partial charge in [0, 0.05) is 28.9 Å². The number of nitrogens with one attached hydrogen (secondary N) is 1. The number of fused-ring (bicyclic) bond motifs is 1. The Balaban J connectivity index is 1.73. The van der Waals surface area contributed by atoms with Crippen molar-refractivity contribution in [2.24, 2.45) is 0 Å². The Hall–Kier alpha value is -3.91. The van der Waals surface area contributed by atoms with E-state index in [9.17, 15) is 0 Å². The van der Waals surface area contributed by atoms with Crippen LogP contribution in [0.5, 0.6) is 17.2 Å². The number of rotatable bonds is 4. The van der Waals surface area contributed by atoms with Gasteiger partial charge in [-0.3, -0.25) is 0 Å². The molecule has 2 aromatic carbocycles. The summed E-state index contributed by atoms with van der Waals surface area (Å²) in [6.07, 6.45) is 3.71. The maximum Gasteiger partial charge on any atom is 0.161 e. The van der Waals surface area contributed by atoms with Crippen molar-refractivity contribution in [3.63, 3.8) is 0 Å². The van der Waals surface area contributed by atoms with Crippen molar-refractivity contribution in [1.82, 2.24) is 9.97 Å². The minimum Gasteiger partial charge on any atom is -0.497 e. The van der Waals surface area contributed by atoms with Gasteiger partial charge in [0.05, 0.1) is 26.9 Å². The molecule has 0 atom stereocenters. The normalized spacial score (nSPS) is 10.3. The SMILES string of the molecule is COc1cccc(C#Cc2c[nH]c3ncc(-c4ccc(OC)c(OC)c4)cc23)c1. The van der Waals surface area contributed by atoms with Crippen LogP contribution in [-0.2, 0) is 0 Å². The Morgan fingerprint density at radius 2 is 1.69 bits per heavy atom. The van der Waals surface area contributed by atoms with Crippen LogP contribution < -0.4 is 14.2 Å². The highest BCUT2D eigenvalue weighted by Crippen LogP contribution is 2.33. The molecule has 5 heteroatoms. The van der Waals surface area contributed by atoms with Crippen LogP contribution in [0.15, 0.2) is 60.9 Å². The molecular formula is C24H20N2O3. The molecule has 0 fully saturated rings. The fraction of sp³-hybridized carbons (Fsp3) is 0.125. The second-order valence-electron chi connectivity index (χ2n) is 6.37. The molecule has 2 heterocycles. The second kappa shape index (κ2) is 7.99. The van der Waals surface area contributed by atoms with E-state index in [0.29, 0.717) is 11.5 Å². The largest absolute Gasteiger partial charge is 0.497 e. The van der Waals surface area contributed by atoms with Gasteiger partial charge in [-0.2, -0.15) is 0 Å². The van der Waals surface area contributed by atoms with Crippen molar-refractivity contribution in [2.75, 3.05) is 21.3 Å². The molecule has 0 saturated carbocycles. The second-order valence-corrected chi connectivity index (χ2v) is 6.37. The quantitative estimate of drug-likeness (QED) is 0.520. The van der Waals surface area contributed by atoms with Gasteiger partial charge < -0.3 is 19.2 Å². The van der Waals surface area contributed by atoms with Crippen molar-refractivity contribution < 1.29 is 14.2 Å². The predicted octanol–water partition coefficient (Wildman–Crippen LogP) is 4.66. The molecule has 0 unspecified atom stereocenters. The first-order chi connectivity index (χ1) is 14.2. The van der Waals surface area contributed by atoms with E-state index in [1.54, 1.807) is 21.3 Å². The van der Waals surface area contributed by atoms with Gasteiger partial charge in [-0.1, -0.05) is 24.0 Å². The average Bonchev–Trinajstić information content (AvgIpc) is 3.19. The zero-order valence-electron chi connectivity index (χ0n) is 16.4. The predicted molar refractivity (Wildman–Crippen MR) is 114 cm³/mol. The molecule has 0 bridgehead atoms. The van der Waals surface area contributed by atoms with Crippen LogP contribution in [0, 0.1) is 11.8 Å². The van der Waals surface area contributed by atoms with Crippen molar-refractivity contribution in [3.8, 4) is 40.2 Å². The standard InChI is InChI=1S/C24H20N2O3/c1-27-20-6-4-5-16(11-20)7-8-18-14-25-24-21(18)12-19(15-26-24)17-9-10-22(28-2)23(13-17)29-3/h4-6,9-15H,1-3H3,(H,25,26). The number of methoxy groups -OCH3 is 3. The van der Waals surface area contributed by atoms with Gasteiger partial charge in [-0.05, 0) is 42.0 Å². The van der Waals surface area contributed by atoms with E-state index in [1.807, 2.05) is 54.9 Å². The van der Waals surface area contributed by atoms with Crippen molar-refractivity contribution in [3.05, 3.63) is 72.1 Å². The molecular weight excluding hydrogens is 364 g/mol. The van der Waals surface area contributed by atoms with E-state index in [2.05, 4.69) is 27.9 Å². The number of aromatic amines is 1. The van der Waals surface area contributed by atoms with Gasteiger partial charge in [-0.25, -0.2) is 4.98 Å². The zero-order valence-corrected chi connectivity index (χ0v) is 16.4. The van der Waals surface area contributed by atoms with E-state index < -0.39 is 0 Å². The molecule has 0 aliphatic carbocycles. The summed E-state index contributed by atoms with van der Waals surface area (Å²) in [4.78, 5) is 7.73. The molecule has 0 radical (unpaired) electrons. The van der Waals surface area contributed by atoms with Crippen LogP contribution in [0.25, 0.3) is 22.2 Å². The third kappa shape index (κ3) is 3.74. The van der Waals surface area contributed by atoms with Crippen LogP contribution in [0.4, 0.5) is 0 Å². The molecule has 0 aliphatic rings. The van der Waals surface area contributed by atoms with Gasteiger partial charge in [0.15, 0.2) is 11.5 Å². The van der Waals surface area contributed by atoms with E-state index in [-0.39, 0.29) is 0 Å². The Morgan fingerprint density at radius 1 is 0.828 bits per heavy atom. The van der Waals surface area contributed by atoms with Gasteiger partial charge in [0.1, 0.15) is 11.4 Å². The first kappa shape index (κ1) is 18.5. The average molecular weight is 384 g/mol. The molecule has 0 spiro atoms. The molecule has 29 heavy (non-hydrogen) atoms. The molecule has 0 saturated heterocycles. The minimum atomic E-state index is 0.678. The van der Waals surface area contributed by atoms with Crippen molar-refractivity contribution in [2.45, 2.75) is 0 Å². The van der Waals surface area contributed by atoms with Crippen LogP contribution in [0.2, 0.25) is 0 Å². The third-order valence-electron chi connectivity index (χ3n) is 4.66. The van der Waals surface area contributed by atoms with E-state index in [1.165, 1.54) is 0 Å². The number of pyridine rings is 1. The monoisotopic (exact) mass is 384 g/mol. The molecule has 5 nitrogen and oxygen atoms in total. The lowest BCUT2D eigenvalue weighted by Gasteiger charge is -2.09. The molecule has 4 aromatic rings. The number of ether oxygens (including phenoxy) is 3. The van der Waals surface area contributed by atoms with Crippen molar-refractivity contribution >= 4 is 11.0 Å². The van der Waals surface area contributed by atoms with Gasteiger partial charge >= 0.3 is 0 Å². The maximum atomic E-state index is 5.42. The summed E-state index contributed by atoms with van der Waals surface area (Å²) in [5.41, 5.74) is 4.54. The summed E-state index contributed by atoms with van der Waals surface area (Å²) in [7, 11) is 4.90. The van der Waals surface area contributed by atoms with Crippen LogP contribution in [-0.4, -0.2) is 31.3 Å². The van der Waals surface area contributed by atoms with Crippen LogP contribution in [0.3, 0.4) is 0 Å². The zero-order chi connectivity index (χ0) is 20.2. The number of nitrogens with zero attached hydrogens (tertiary/aromatic N) is 1. The van der Waals surface area contributed by atoms with E-state index in [0.717, 1.165) is 39.0 Å². The number of hydrogen-bond acceptors (Lipinski definition) is 4. The molecule has 4 rings (SSSR count). The fourth-order valence-electron chi connectivity index (χ4n) is 3.12. The summed E-state index contributed by atoms with van der Waals surface area (Å²) in [5.74, 6) is 8.58. The summed E-state index contributed by atoms with van der Waals surface area (Å²) >= 11 is 0. The smallest absolute Gasteiger partial charge is 0.161 e. The lowest BCUT2D eigenvalue weighted by Crippen LogP contribution is -1.91. The molecule has 144 valence electrons. The van der Waals surface area contributed by atoms with Gasteiger partial charge in [-0.15, -0.1) is 0 Å². The maximum absolute atomic E-state index is 5.42. The lowest BCUT2D eigenvalue weighted by molar-refractivity contribution is 0.355. The molecule has 2 aromatic heterocycles. The van der Waals surface area contributed by atoms with Crippen LogP contribution >= 0.6 is 0 Å². The topological polar surface area (TPSA) is 56.4 Å². The summed E-state index contributed by atoms with van der Waals surface area (Å²) in [5, 5.41) is 0.965. The highest BCUT2D eigenvalue weighted by molar-refractivity contribution is 5.87. The molecule has 0 amide bonds. The van der Waals surface area contributed by atoms with E-state index in [4.69, 9.17) is 14.2 Å². The van der Waals surface area contributed by atoms with Gasteiger partial charge in [0.25, 0.3) is 0 Å². The lowest BCUT2D eigenvalue weighted by atomic mass is 10.0. The Bertz CT molecular complexity index is 1230. The number of benzene rings is 2. The summed E-state index contributed by atoms with van der Waals surface area (Å²) in [6, 6.07) is 15.6. The number of H-pyrrole nitrogens is 1. The van der Waals surface area contributed by atoms with Crippen molar-refractivity contribution in [1.29, 1.82) is 0 Å². The van der Waals surface area contributed by atoms with Crippen LogP contribution in [0.1, 0.15) is 11.1 Å². The first-order valence-corrected chi connectivity index (χ1v) is 9.07. The number of hydrogen-bond donors (Lipinski definition) is 1. The number of aromatic nitrogens is 2. The highest BCUT2D eigenvalue weighted by atomic mass is 16.5. The first-order valence-electron chi connectivity index (χ1n) is 9.07. The van der Waals surface area contributed by atoms with E-state index >= 15 is 0 Å². The third-order valence-corrected chi connectivity index (χ3v) is 4.66. The minimum absolute atomic E-state index is 0.678.